The third kappa shape index (κ3) is 2.52. The number of nitrogens with zero attached hydrogens (tertiary/aromatic N) is 1. The quantitative estimate of drug-likeness (QED) is 0.349. The number of nitro groups is 1. The second kappa shape index (κ2) is 5.13. The first-order valence-corrected chi connectivity index (χ1v) is 5.70. The lowest BCUT2D eigenvalue weighted by molar-refractivity contribution is -0.398. The van der Waals surface area contributed by atoms with E-state index in [9.17, 15) is 20.0 Å². The fourth-order valence-corrected chi connectivity index (χ4v) is 1.83. The minimum Gasteiger partial charge on any atom is -0.865 e. The standard InChI is InChI=1S/C11H9N3O5S/c1-19-8-4-5(3-7(9(8)15)14(17)18)2-6-10(16)13-11(20)12-6/h2-4,15H,1H3,(H2,12,13,16,20)/p-1/b6-2-. The van der Waals surface area contributed by atoms with Gasteiger partial charge in [0.15, 0.2) is 5.11 Å². The number of carbonyl (C=O) groups excluding carboxylic acids is 1. The van der Waals surface area contributed by atoms with E-state index < -0.39 is 22.3 Å². The number of thiocarbonyl (C=S) groups is 1. The van der Waals surface area contributed by atoms with Gasteiger partial charge in [-0.1, -0.05) is 0 Å². The van der Waals surface area contributed by atoms with Crippen molar-refractivity contribution in [2.24, 2.45) is 0 Å². The van der Waals surface area contributed by atoms with Gasteiger partial charge in [-0.05, 0) is 29.9 Å². The van der Waals surface area contributed by atoms with Gasteiger partial charge < -0.3 is 15.2 Å². The van der Waals surface area contributed by atoms with E-state index in [2.05, 4.69) is 10.6 Å². The summed E-state index contributed by atoms with van der Waals surface area (Å²) in [6.07, 6.45) is 1.34. The van der Waals surface area contributed by atoms with Crippen LogP contribution < -0.4 is 20.5 Å². The molecule has 0 spiro atoms. The number of nitro benzene ring substituents is 1. The predicted octanol–water partition coefficient (Wildman–Crippen LogP) is 0.0222. The first kappa shape index (κ1) is 13.7. The SMILES string of the molecule is COc1cc(/C=C2\NC(=S)NC2=O)cc([N+](=O)[O-])c1[O-]. The Balaban J connectivity index is 2.50. The van der Waals surface area contributed by atoms with Gasteiger partial charge in [-0.2, -0.15) is 0 Å². The Hall–Kier alpha value is -2.68. The minimum absolute atomic E-state index is 0.130. The maximum absolute atomic E-state index is 11.6. The maximum Gasteiger partial charge on any atom is 0.273 e. The number of rotatable bonds is 3. The summed E-state index contributed by atoms with van der Waals surface area (Å²) in [5.74, 6) is -1.45. The molecule has 20 heavy (non-hydrogen) atoms. The summed E-state index contributed by atoms with van der Waals surface area (Å²) in [4.78, 5) is 21.5. The smallest absolute Gasteiger partial charge is 0.273 e. The molecule has 1 aromatic carbocycles. The van der Waals surface area contributed by atoms with E-state index in [0.29, 0.717) is 0 Å². The summed E-state index contributed by atoms with van der Waals surface area (Å²) in [7, 11) is 1.23. The Bertz CT molecular complexity index is 656. The average molecular weight is 294 g/mol. The van der Waals surface area contributed by atoms with Crippen molar-refractivity contribution >= 4 is 35.0 Å². The molecule has 8 nitrogen and oxygen atoms in total. The Morgan fingerprint density at radius 3 is 2.60 bits per heavy atom. The van der Waals surface area contributed by atoms with Gasteiger partial charge in [0.1, 0.15) is 11.4 Å². The Kier molecular flexibility index (Phi) is 3.53. The van der Waals surface area contributed by atoms with E-state index >= 15 is 0 Å². The molecule has 1 saturated heterocycles. The zero-order valence-corrected chi connectivity index (χ0v) is 10.9. The van der Waals surface area contributed by atoms with Crippen LogP contribution in [0.1, 0.15) is 5.56 Å². The Morgan fingerprint density at radius 2 is 2.10 bits per heavy atom. The second-order valence-corrected chi connectivity index (χ2v) is 4.20. The van der Waals surface area contributed by atoms with Gasteiger partial charge in [-0.3, -0.25) is 20.2 Å². The molecule has 1 heterocycles. The summed E-state index contributed by atoms with van der Waals surface area (Å²) in [5.41, 5.74) is -0.224. The average Bonchev–Trinajstić information content (AvgIpc) is 2.69. The number of benzene rings is 1. The molecule has 0 unspecified atom stereocenters. The summed E-state index contributed by atoms with van der Waals surface area (Å²) in [6, 6.07) is 2.37. The molecule has 0 radical (unpaired) electrons. The number of hydrogen-bond acceptors (Lipinski definition) is 6. The van der Waals surface area contributed by atoms with Gasteiger partial charge in [0, 0.05) is 11.8 Å². The molecule has 0 atom stereocenters. The highest BCUT2D eigenvalue weighted by Gasteiger charge is 2.21. The Morgan fingerprint density at radius 1 is 1.40 bits per heavy atom. The largest absolute Gasteiger partial charge is 0.865 e. The topological polar surface area (TPSA) is 117 Å². The number of carbonyl (C=O) groups is 1. The molecule has 1 fully saturated rings. The molecular weight excluding hydrogens is 286 g/mol. The molecule has 1 aromatic rings. The number of methoxy groups -OCH3 is 1. The van der Waals surface area contributed by atoms with Crippen LogP contribution in [0.2, 0.25) is 0 Å². The van der Waals surface area contributed by atoms with E-state index in [4.69, 9.17) is 17.0 Å². The van der Waals surface area contributed by atoms with Crippen LogP contribution in [0, 0.1) is 10.1 Å². The zero-order chi connectivity index (χ0) is 14.9. The van der Waals surface area contributed by atoms with Crippen molar-refractivity contribution in [3.05, 3.63) is 33.5 Å². The summed E-state index contributed by atoms with van der Waals surface area (Å²) >= 11 is 4.76. The molecule has 9 heteroatoms. The molecule has 104 valence electrons. The van der Waals surface area contributed by atoms with Crippen molar-refractivity contribution in [1.29, 1.82) is 0 Å². The minimum atomic E-state index is -0.820. The van der Waals surface area contributed by atoms with Crippen LogP contribution in [0.5, 0.6) is 11.5 Å². The van der Waals surface area contributed by atoms with Gasteiger partial charge in [0.05, 0.1) is 12.0 Å². The fraction of sp³-hybridized carbons (Fsp3) is 0.0909. The van der Waals surface area contributed by atoms with Crippen molar-refractivity contribution in [3.8, 4) is 11.5 Å². The molecule has 0 bridgehead atoms. The third-order valence-corrected chi connectivity index (χ3v) is 2.71. The van der Waals surface area contributed by atoms with Crippen molar-refractivity contribution in [1.82, 2.24) is 10.6 Å². The molecule has 2 rings (SSSR count). The first-order valence-electron chi connectivity index (χ1n) is 5.30. The van der Waals surface area contributed by atoms with E-state index in [0.717, 1.165) is 6.07 Å². The van der Waals surface area contributed by atoms with Gasteiger partial charge in [0.25, 0.3) is 11.6 Å². The molecule has 1 aliphatic rings. The molecular formula is C11H8N3O5S-. The van der Waals surface area contributed by atoms with Crippen molar-refractivity contribution < 1.29 is 19.6 Å². The number of amides is 1. The van der Waals surface area contributed by atoms with E-state index in [-0.39, 0.29) is 22.1 Å². The molecule has 2 N–H and O–H groups in total. The highest BCUT2D eigenvalue weighted by molar-refractivity contribution is 7.80. The molecule has 0 aromatic heterocycles. The number of ether oxygens (including phenoxy) is 1. The van der Waals surface area contributed by atoms with Gasteiger partial charge in [-0.25, -0.2) is 0 Å². The van der Waals surface area contributed by atoms with Crippen LogP contribution in [-0.4, -0.2) is 23.1 Å². The van der Waals surface area contributed by atoms with Crippen LogP contribution in [0.15, 0.2) is 17.8 Å². The fourth-order valence-electron chi connectivity index (χ4n) is 1.63. The van der Waals surface area contributed by atoms with Gasteiger partial charge in [0.2, 0.25) is 0 Å². The van der Waals surface area contributed by atoms with Crippen LogP contribution in [0.4, 0.5) is 5.69 Å². The monoisotopic (exact) mass is 294 g/mol. The van der Waals surface area contributed by atoms with E-state index in [1.165, 1.54) is 19.3 Å². The second-order valence-electron chi connectivity index (χ2n) is 3.79. The van der Waals surface area contributed by atoms with E-state index in [1.54, 1.807) is 0 Å². The van der Waals surface area contributed by atoms with E-state index in [1.807, 2.05) is 0 Å². The molecule has 0 saturated carbocycles. The van der Waals surface area contributed by atoms with Crippen molar-refractivity contribution in [2.45, 2.75) is 0 Å². The lowest BCUT2D eigenvalue weighted by Gasteiger charge is -2.13. The molecule has 1 amide bonds. The van der Waals surface area contributed by atoms with Crippen LogP contribution in [-0.2, 0) is 4.79 Å². The maximum atomic E-state index is 11.6. The number of nitrogens with one attached hydrogen (secondary N) is 2. The van der Waals surface area contributed by atoms with Crippen molar-refractivity contribution in [2.75, 3.05) is 7.11 Å². The Labute approximate surface area is 118 Å². The lowest BCUT2D eigenvalue weighted by atomic mass is 10.1. The zero-order valence-electron chi connectivity index (χ0n) is 10.1. The molecule has 1 aliphatic heterocycles. The summed E-state index contributed by atoms with van der Waals surface area (Å²) in [5, 5.41) is 27.5. The summed E-state index contributed by atoms with van der Waals surface area (Å²) in [6.45, 7) is 0. The number of hydrogen-bond donors (Lipinski definition) is 2. The highest BCUT2D eigenvalue weighted by atomic mass is 32.1. The van der Waals surface area contributed by atoms with Crippen LogP contribution in [0.3, 0.4) is 0 Å². The lowest BCUT2D eigenvalue weighted by Crippen LogP contribution is -2.21. The summed E-state index contributed by atoms with van der Waals surface area (Å²) < 4.78 is 4.80. The van der Waals surface area contributed by atoms with Crippen molar-refractivity contribution in [3.63, 3.8) is 0 Å². The first-order chi connectivity index (χ1) is 9.42. The van der Waals surface area contributed by atoms with Gasteiger partial charge >= 0.3 is 0 Å². The highest BCUT2D eigenvalue weighted by Crippen LogP contribution is 2.35. The van der Waals surface area contributed by atoms with Crippen LogP contribution in [0.25, 0.3) is 6.08 Å². The normalized spacial score (nSPS) is 15.9. The predicted molar refractivity (Wildman–Crippen MR) is 70.9 cm³/mol. The third-order valence-electron chi connectivity index (χ3n) is 2.51. The van der Waals surface area contributed by atoms with Crippen LogP contribution >= 0.6 is 12.2 Å². The molecule has 0 aliphatic carbocycles. The van der Waals surface area contributed by atoms with Gasteiger partial charge in [-0.15, -0.1) is 0 Å².